The molecule has 2 atom stereocenters. The third kappa shape index (κ3) is 6.19. The molecule has 4 rings (SSSR count). The quantitative estimate of drug-likeness (QED) is 0.154. The number of amides is 2. The summed E-state index contributed by atoms with van der Waals surface area (Å²) in [5, 5.41) is 10.7. The van der Waals surface area contributed by atoms with Crippen LogP contribution in [0.25, 0.3) is 10.9 Å². The van der Waals surface area contributed by atoms with Crippen LogP contribution < -0.4 is 16.0 Å². The van der Waals surface area contributed by atoms with Crippen molar-refractivity contribution in [3.8, 4) is 0 Å². The van der Waals surface area contributed by atoms with Crippen LogP contribution in [0.5, 0.6) is 0 Å². The van der Waals surface area contributed by atoms with Gasteiger partial charge in [0.1, 0.15) is 30.0 Å². The first kappa shape index (κ1) is 28.5. The van der Waals surface area contributed by atoms with Gasteiger partial charge in [0.2, 0.25) is 5.91 Å². The van der Waals surface area contributed by atoms with Crippen LogP contribution in [-0.2, 0) is 25.8 Å². The summed E-state index contributed by atoms with van der Waals surface area (Å²) in [6.45, 7) is 1.30. The predicted octanol–water partition coefficient (Wildman–Crippen LogP) is 3.38. The van der Waals surface area contributed by atoms with Crippen molar-refractivity contribution in [1.29, 1.82) is 5.41 Å². The van der Waals surface area contributed by atoms with Crippen molar-refractivity contribution in [2.24, 2.45) is 11.7 Å². The summed E-state index contributed by atoms with van der Waals surface area (Å²) >= 11 is 0. The van der Waals surface area contributed by atoms with Crippen LogP contribution in [0.4, 0.5) is 10.1 Å². The zero-order valence-electron chi connectivity index (χ0n) is 22.2. The van der Waals surface area contributed by atoms with Crippen LogP contribution in [0.3, 0.4) is 0 Å². The van der Waals surface area contributed by atoms with E-state index in [1.165, 1.54) is 0 Å². The lowest BCUT2D eigenvalue weighted by Crippen LogP contribution is -2.42. The van der Waals surface area contributed by atoms with E-state index in [0.717, 1.165) is 0 Å². The van der Waals surface area contributed by atoms with Crippen molar-refractivity contribution in [1.82, 2.24) is 10.3 Å². The van der Waals surface area contributed by atoms with Crippen molar-refractivity contribution in [2.75, 3.05) is 18.1 Å². The molecule has 11 heteroatoms. The van der Waals surface area contributed by atoms with Crippen molar-refractivity contribution in [2.45, 2.75) is 45.3 Å². The Balaban J connectivity index is 1.37. The summed E-state index contributed by atoms with van der Waals surface area (Å²) in [5.41, 5.74) is 7.50. The maximum atomic E-state index is 13.8. The van der Waals surface area contributed by atoms with E-state index in [0.29, 0.717) is 35.1 Å². The maximum Gasteiger partial charge on any atom is 0.328 e. The number of Topliss-reactive ketones (excluding diaryl/α,β-unsaturated/α-hetero) is 1. The van der Waals surface area contributed by atoms with Gasteiger partial charge in [-0.05, 0) is 50.1 Å². The molecule has 0 aliphatic carbocycles. The number of nitrogens with two attached hydrogens (primary N) is 1. The van der Waals surface area contributed by atoms with Gasteiger partial charge >= 0.3 is 5.97 Å². The van der Waals surface area contributed by atoms with Crippen molar-refractivity contribution >= 4 is 46.0 Å². The third-order valence-electron chi connectivity index (χ3n) is 7.04. The number of ketones is 1. The van der Waals surface area contributed by atoms with Crippen molar-refractivity contribution in [3.63, 3.8) is 0 Å². The number of carbonyl (C=O) groups excluding carboxylic acids is 4. The van der Waals surface area contributed by atoms with E-state index in [4.69, 9.17) is 15.9 Å². The van der Waals surface area contributed by atoms with Gasteiger partial charge in [0.25, 0.3) is 5.91 Å². The number of hydrogen-bond donors (Lipinski definition) is 4. The Morgan fingerprint density at radius 3 is 2.60 bits per heavy atom. The molecular weight excluding hydrogens is 517 g/mol. The average molecular weight is 550 g/mol. The molecule has 0 bridgehead atoms. The maximum absolute atomic E-state index is 13.8. The van der Waals surface area contributed by atoms with Gasteiger partial charge in [-0.2, -0.15) is 0 Å². The lowest BCUT2D eigenvalue weighted by molar-refractivity contribution is -0.145. The summed E-state index contributed by atoms with van der Waals surface area (Å²) in [6.07, 6.45) is 0.442. The highest BCUT2D eigenvalue weighted by atomic mass is 19.1. The number of esters is 1. The lowest BCUT2D eigenvalue weighted by Gasteiger charge is -2.18. The lowest BCUT2D eigenvalue weighted by atomic mass is 9.97. The number of para-hydroxylation sites is 1. The molecule has 5 N–H and O–H groups in total. The molecule has 1 fully saturated rings. The Morgan fingerprint density at radius 1 is 1.20 bits per heavy atom. The molecular formula is C29H32FN5O5. The summed E-state index contributed by atoms with van der Waals surface area (Å²) in [4.78, 5) is 56.0. The second kappa shape index (κ2) is 12.5. The summed E-state index contributed by atoms with van der Waals surface area (Å²) in [7, 11) is 0. The molecule has 1 aromatic heterocycles. The number of ether oxygens (including phenoxy) is 1. The highest BCUT2D eigenvalue weighted by molar-refractivity contribution is 6.03. The molecule has 0 saturated carbocycles. The number of H-pyrrole nitrogens is 1. The normalized spacial score (nSPS) is 15.7. The molecule has 210 valence electrons. The highest BCUT2D eigenvalue weighted by Crippen LogP contribution is 2.28. The van der Waals surface area contributed by atoms with E-state index >= 15 is 0 Å². The minimum atomic E-state index is -1.12. The summed E-state index contributed by atoms with van der Waals surface area (Å²) < 4.78 is 18.9. The van der Waals surface area contributed by atoms with Crippen molar-refractivity contribution < 1.29 is 28.3 Å². The number of rotatable bonds is 12. The first-order valence-corrected chi connectivity index (χ1v) is 13.1. The fraction of sp³-hybridized carbons (Fsp3) is 0.345. The Bertz CT molecular complexity index is 1430. The predicted molar refractivity (Wildman–Crippen MR) is 148 cm³/mol. The third-order valence-corrected chi connectivity index (χ3v) is 7.04. The minimum absolute atomic E-state index is 0.0114. The molecule has 0 radical (unpaired) electrons. The molecule has 1 unspecified atom stereocenters. The topological polar surface area (TPSA) is 158 Å². The summed E-state index contributed by atoms with van der Waals surface area (Å²) in [5.74, 6) is -2.31. The second-order valence-electron chi connectivity index (χ2n) is 9.65. The number of anilines is 1. The number of aromatic nitrogens is 1. The SMILES string of the molecule is CCOC(=O)[C@H](CCC(=O)CC1CCN(c2ccc(C(=N)N)cc2)C1=O)NC(=O)c1[nH]c2ccccc2c1CF. The van der Waals surface area contributed by atoms with Crippen molar-refractivity contribution in [3.05, 3.63) is 65.4 Å². The van der Waals surface area contributed by atoms with Crippen LogP contribution in [0, 0.1) is 11.3 Å². The monoisotopic (exact) mass is 549 g/mol. The van der Waals surface area contributed by atoms with Gasteiger partial charge in [-0.1, -0.05) is 18.2 Å². The van der Waals surface area contributed by atoms with Gasteiger partial charge in [0.15, 0.2) is 0 Å². The molecule has 1 aliphatic rings. The number of nitrogen functional groups attached to an aromatic ring is 1. The molecule has 40 heavy (non-hydrogen) atoms. The van der Waals surface area contributed by atoms with E-state index in [1.54, 1.807) is 60.4 Å². The number of alkyl halides is 1. The fourth-order valence-electron chi connectivity index (χ4n) is 4.94. The minimum Gasteiger partial charge on any atom is -0.464 e. The van der Waals surface area contributed by atoms with E-state index in [-0.39, 0.29) is 54.7 Å². The van der Waals surface area contributed by atoms with Crippen LogP contribution in [0.15, 0.2) is 48.5 Å². The fourth-order valence-corrected chi connectivity index (χ4v) is 4.94. The van der Waals surface area contributed by atoms with Gasteiger partial charge in [-0.25, -0.2) is 9.18 Å². The molecule has 10 nitrogen and oxygen atoms in total. The van der Waals surface area contributed by atoms with Gasteiger partial charge in [0, 0.05) is 53.0 Å². The first-order valence-electron chi connectivity index (χ1n) is 13.1. The first-order chi connectivity index (χ1) is 19.2. The Hall–Kier alpha value is -4.54. The molecule has 2 amide bonds. The second-order valence-corrected chi connectivity index (χ2v) is 9.65. The van der Waals surface area contributed by atoms with Crippen LogP contribution >= 0.6 is 0 Å². The van der Waals surface area contributed by atoms with E-state index in [2.05, 4.69) is 10.3 Å². The van der Waals surface area contributed by atoms with Gasteiger partial charge in [-0.3, -0.25) is 19.8 Å². The number of carbonyl (C=O) groups is 4. The number of nitrogens with zero attached hydrogens (tertiary/aromatic N) is 1. The van der Waals surface area contributed by atoms with E-state index < -0.39 is 30.5 Å². The number of amidine groups is 1. The number of fused-ring (bicyclic) bond motifs is 1. The standard InChI is InChI=1S/C29H32FN5O5/c1-2-40-29(39)24(34-27(37)25-22(16-30)21-5-3-4-6-23(21)33-25)12-11-20(36)15-18-13-14-35(28(18)38)19-9-7-17(8-10-19)26(31)32/h3-10,18,24,33H,2,11-16H2,1H3,(H3,31,32)(H,34,37)/t18?,24-/m0/s1. The zero-order chi connectivity index (χ0) is 28.8. The summed E-state index contributed by atoms with van der Waals surface area (Å²) in [6, 6.07) is 12.6. The number of hydrogen-bond acceptors (Lipinski definition) is 6. The molecule has 1 aliphatic heterocycles. The number of aromatic amines is 1. The number of nitrogens with one attached hydrogen (secondary N) is 3. The van der Waals surface area contributed by atoms with Gasteiger partial charge < -0.3 is 25.7 Å². The Labute approximate surface area is 230 Å². The van der Waals surface area contributed by atoms with Gasteiger partial charge in [-0.15, -0.1) is 0 Å². The number of halogens is 1. The van der Waals surface area contributed by atoms with Crippen LogP contribution in [-0.4, -0.2) is 53.6 Å². The zero-order valence-corrected chi connectivity index (χ0v) is 22.2. The number of benzene rings is 2. The molecule has 2 aromatic carbocycles. The van der Waals surface area contributed by atoms with Crippen LogP contribution in [0.2, 0.25) is 0 Å². The molecule has 0 spiro atoms. The largest absolute Gasteiger partial charge is 0.464 e. The molecule has 3 aromatic rings. The highest BCUT2D eigenvalue weighted by Gasteiger charge is 2.34. The average Bonchev–Trinajstić information content (AvgIpc) is 3.51. The smallest absolute Gasteiger partial charge is 0.328 e. The Kier molecular flexibility index (Phi) is 8.93. The van der Waals surface area contributed by atoms with E-state index in [9.17, 15) is 23.6 Å². The van der Waals surface area contributed by atoms with Crippen LogP contribution in [0.1, 0.15) is 54.2 Å². The van der Waals surface area contributed by atoms with E-state index in [1.807, 2.05) is 0 Å². The molecule has 1 saturated heterocycles. The molecule has 2 heterocycles. The van der Waals surface area contributed by atoms with Gasteiger partial charge in [0.05, 0.1) is 6.61 Å². The Morgan fingerprint density at radius 2 is 1.93 bits per heavy atom.